The molecule has 0 saturated heterocycles. The Morgan fingerprint density at radius 3 is 2.08 bits per heavy atom. The average molecular weight is 163 g/mol. The molecule has 0 amide bonds. The van der Waals surface area contributed by atoms with Gasteiger partial charge in [-0.15, -0.1) is 0 Å². The summed E-state index contributed by atoms with van der Waals surface area (Å²) in [5.41, 5.74) is 3.67. The van der Waals surface area contributed by atoms with Crippen molar-refractivity contribution in [1.82, 2.24) is 4.98 Å². The molecule has 0 N–H and O–H groups in total. The fourth-order valence-electron chi connectivity index (χ4n) is 1.51. The molecule has 0 aromatic carbocycles. The lowest BCUT2D eigenvalue weighted by Gasteiger charge is -2.06. The van der Waals surface area contributed by atoms with Crippen molar-refractivity contribution >= 4 is 0 Å². The van der Waals surface area contributed by atoms with Crippen LogP contribution in [0, 0.1) is 19.8 Å². The fraction of sp³-hybridized carbons (Fsp3) is 0.545. The third-order valence-electron chi connectivity index (χ3n) is 1.79. The summed E-state index contributed by atoms with van der Waals surface area (Å²) in [4.78, 5) is 4.34. The standard InChI is InChI=1S/C11H17N/c1-8(2)5-11-6-9(3)12-10(4)7-11/h6-8H,5H2,1-4H3. The Kier molecular flexibility index (Phi) is 2.85. The number of hydrogen-bond donors (Lipinski definition) is 0. The molecule has 0 saturated carbocycles. The Bertz CT molecular complexity index is 243. The van der Waals surface area contributed by atoms with Crippen molar-refractivity contribution in [2.45, 2.75) is 34.1 Å². The van der Waals surface area contributed by atoms with Crippen molar-refractivity contribution in [2.24, 2.45) is 5.92 Å². The Morgan fingerprint density at radius 1 is 1.17 bits per heavy atom. The molecular weight excluding hydrogens is 146 g/mol. The quantitative estimate of drug-likeness (QED) is 0.653. The van der Waals surface area contributed by atoms with Crippen LogP contribution in [0.4, 0.5) is 0 Å². The molecule has 0 radical (unpaired) electrons. The zero-order chi connectivity index (χ0) is 9.14. The van der Waals surface area contributed by atoms with E-state index in [1.165, 1.54) is 5.56 Å². The maximum atomic E-state index is 4.34. The maximum Gasteiger partial charge on any atom is 0.0378 e. The summed E-state index contributed by atoms with van der Waals surface area (Å²) in [5, 5.41) is 0. The van der Waals surface area contributed by atoms with Gasteiger partial charge in [0.05, 0.1) is 0 Å². The van der Waals surface area contributed by atoms with E-state index in [9.17, 15) is 0 Å². The van der Waals surface area contributed by atoms with Gasteiger partial charge in [-0.1, -0.05) is 13.8 Å². The zero-order valence-corrected chi connectivity index (χ0v) is 8.39. The zero-order valence-electron chi connectivity index (χ0n) is 8.39. The van der Waals surface area contributed by atoms with Crippen molar-refractivity contribution in [3.05, 3.63) is 29.1 Å². The molecule has 1 rings (SSSR count). The van der Waals surface area contributed by atoms with Gasteiger partial charge in [0.25, 0.3) is 0 Å². The van der Waals surface area contributed by atoms with Gasteiger partial charge < -0.3 is 0 Å². The van der Waals surface area contributed by atoms with E-state index >= 15 is 0 Å². The Labute approximate surface area is 74.8 Å². The molecule has 0 aliphatic rings. The molecule has 12 heavy (non-hydrogen) atoms. The molecule has 0 aliphatic carbocycles. The second kappa shape index (κ2) is 3.70. The molecule has 1 heteroatoms. The number of aryl methyl sites for hydroxylation is 2. The van der Waals surface area contributed by atoms with Crippen LogP contribution in [0.1, 0.15) is 30.8 Å². The highest BCUT2D eigenvalue weighted by Crippen LogP contribution is 2.10. The van der Waals surface area contributed by atoms with Gasteiger partial charge in [-0.3, -0.25) is 4.98 Å². The lowest BCUT2D eigenvalue weighted by Crippen LogP contribution is -1.96. The molecule has 0 atom stereocenters. The first-order chi connectivity index (χ1) is 5.58. The van der Waals surface area contributed by atoms with E-state index in [4.69, 9.17) is 0 Å². The molecule has 1 heterocycles. The van der Waals surface area contributed by atoms with E-state index in [0.717, 1.165) is 23.7 Å². The third kappa shape index (κ3) is 2.65. The van der Waals surface area contributed by atoms with Crippen LogP contribution in [0.2, 0.25) is 0 Å². The molecule has 0 bridgehead atoms. The lowest BCUT2D eigenvalue weighted by molar-refractivity contribution is 0.646. The van der Waals surface area contributed by atoms with Crippen LogP contribution < -0.4 is 0 Å². The van der Waals surface area contributed by atoms with Gasteiger partial charge in [0.2, 0.25) is 0 Å². The van der Waals surface area contributed by atoms with Gasteiger partial charge in [0, 0.05) is 11.4 Å². The van der Waals surface area contributed by atoms with Crippen molar-refractivity contribution in [3.8, 4) is 0 Å². The first-order valence-corrected chi connectivity index (χ1v) is 4.52. The minimum atomic E-state index is 0.728. The molecule has 0 unspecified atom stereocenters. The molecule has 1 aromatic heterocycles. The predicted octanol–water partition coefficient (Wildman–Crippen LogP) is 2.90. The number of nitrogens with zero attached hydrogens (tertiary/aromatic N) is 1. The maximum absolute atomic E-state index is 4.34. The number of rotatable bonds is 2. The van der Waals surface area contributed by atoms with E-state index in [1.807, 2.05) is 0 Å². The molecular formula is C11H17N. The lowest BCUT2D eigenvalue weighted by atomic mass is 10.0. The molecule has 66 valence electrons. The summed E-state index contributed by atoms with van der Waals surface area (Å²) in [6.07, 6.45) is 1.16. The van der Waals surface area contributed by atoms with Crippen molar-refractivity contribution in [2.75, 3.05) is 0 Å². The van der Waals surface area contributed by atoms with Crippen LogP contribution in [0.3, 0.4) is 0 Å². The van der Waals surface area contributed by atoms with Gasteiger partial charge in [-0.05, 0) is 43.9 Å². The molecule has 1 aromatic rings. The molecule has 0 aliphatic heterocycles. The van der Waals surface area contributed by atoms with Crippen molar-refractivity contribution in [3.63, 3.8) is 0 Å². The van der Waals surface area contributed by atoms with Crippen LogP contribution in [0.15, 0.2) is 12.1 Å². The number of hydrogen-bond acceptors (Lipinski definition) is 1. The van der Waals surface area contributed by atoms with Gasteiger partial charge in [-0.2, -0.15) is 0 Å². The summed E-state index contributed by atoms with van der Waals surface area (Å²) in [5.74, 6) is 0.728. The fourth-order valence-corrected chi connectivity index (χ4v) is 1.51. The molecule has 1 nitrogen and oxygen atoms in total. The summed E-state index contributed by atoms with van der Waals surface area (Å²) in [7, 11) is 0. The van der Waals surface area contributed by atoms with E-state index in [-0.39, 0.29) is 0 Å². The molecule has 0 spiro atoms. The second-order valence-corrected chi connectivity index (χ2v) is 3.86. The van der Waals surface area contributed by atoms with Crippen LogP contribution >= 0.6 is 0 Å². The Morgan fingerprint density at radius 2 is 1.67 bits per heavy atom. The monoisotopic (exact) mass is 163 g/mol. The topological polar surface area (TPSA) is 12.9 Å². The van der Waals surface area contributed by atoms with Gasteiger partial charge in [-0.25, -0.2) is 0 Å². The SMILES string of the molecule is Cc1cc(CC(C)C)cc(C)n1. The van der Waals surface area contributed by atoms with Crippen LogP contribution in [-0.2, 0) is 6.42 Å². The Balaban J connectivity index is 2.85. The van der Waals surface area contributed by atoms with Crippen molar-refractivity contribution < 1.29 is 0 Å². The van der Waals surface area contributed by atoms with Crippen LogP contribution in [0.25, 0.3) is 0 Å². The Hall–Kier alpha value is -0.850. The largest absolute Gasteiger partial charge is 0.258 e. The number of pyridine rings is 1. The van der Waals surface area contributed by atoms with Crippen LogP contribution in [0.5, 0.6) is 0 Å². The minimum absolute atomic E-state index is 0.728. The highest BCUT2D eigenvalue weighted by molar-refractivity contribution is 5.20. The number of aromatic nitrogens is 1. The average Bonchev–Trinajstić information content (AvgIpc) is 1.81. The highest BCUT2D eigenvalue weighted by atomic mass is 14.7. The summed E-state index contributed by atoms with van der Waals surface area (Å²) in [6, 6.07) is 4.35. The van der Waals surface area contributed by atoms with Gasteiger partial charge in [0.15, 0.2) is 0 Å². The second-order valence-electron chi connectivity index (χ2n) is 3.86. The van der Waals surface area contributed by atoms with E-state index in [2.05, 4.69) is 44.8 Å². The summed E-state index contributed by atoms with van der Waals surface area (Å²) < 4.78 is 0. The summed E-state index contributed by atoms with van der Waals surface area (Å²) >= 11 is 0. The van der Waals surface area contributed by atoms with Gasteiger partial charge in [0.1, 0.15) is 0 Å². The third-order valence-corrected chi connectivity index (χ3v) is 1.79. The van der Waals surface area contributed by atoms with E-state index in [1.54, 1.807) is 0 Å². The smallest absolute Gasteiger partial charge is 0.0378 e. The predicted molar refractivity (Wildman–Crippen MR) is 52.3 cm³/mol. The normalized spacial score (nSPS) is 10.8. The van der Waals surface area contributed by atoms with Crippen LogP contribution in [-0.4, -0.2) is 4.98 Å². The van der Waals surface area contributed by atoms with E-state index < -0.39 is 0 Å². The molecule has 0 fully saturated rings. The van der Waals surface area contributed by atoms with Crippen molar-refractivity contribution in [1.29, 1.82) is 0 Å². The first-order valence-electron chi connectivity index (χ1n) is 4.52. The summed E-state index contributed by atoms with van der Waals surface area (Å²) in [6.45, 7) is 8.59. The first kappa shape index (κ1) is 9.24. The highest BCUT2D eigenvalue weighted by Gasteiger charge is 1.99. The van der Waals surface area contributed by atoms with E-state index in [0.29, 0.717) is 0 Å². The minimum Gasteiger partial charge on any atom is -0.258 e. The van der Waals surface area contributed by atoms with Gasteiger partial charge >= 0.3 is 0 Å².